The molecule has 0 spiro atoms. The van der Waals surface area contributed by atoms with Crippen LogP contribution in [0, 0.1) is 12.3 Å². The number of thioether (sulfide) groups is 1. The van der Waals surface area contributed by atoms with Crippen LogP contribution in [-0.4, -0.2) is 29.0 Å². The van der Waals surface area contributed by atoms with Gasteiger partial charge in [0.15, 0.2) is 0 Å². The van der Waals surface area contributed by atoms with Gasteiger partial charge in [0.25, 0.3) is 0 Å². The maximum absolute atomic E-state index is 11.7. The van der Waals surface area contributed by atoms with Gasteiger partial charge in [0, 0.05) is 11.8 Å². The highest BCUT2D eigenvalue weighted by molar-refractivity contribution is 8.00. The van der Waals surface area contributed by atoms with Crippen LogP contribution in [0.25, 0.3) is 0 Å². The lowest BCUT2D eigenvalue weighted by atomic mass is 9.94. The summed E-state index contributed by atoms with van der Waals surface area (Å²) in [6, 6.07) is 0. The Morgan fingerprint density at radius 2 is 2.12 bits per heavy atom. The fourth-order valence-corrected chi connectivity index (χ4v) is 1.90. The van der Waals surface area contributed by atoms with E-state index >= 15 is 0 Å². The zero-order valence-corrected chi connectivity index (χ0v) is 11.2. The van der Waals surface area contributed by atoms with Crippen molar-refractivity contribution in [3.63, 3.8) is 0 Å². The highest BCUT2D eigenvalue weighted by Crippen LogP contribution is 2.15. The van der Waals surface area contributed by atoms with E-state index in [0.29, 0.717) is 17.5 Å². The fraction of sp³-hybridized carbons (Fsp3) is 0.750. The van der Waals surface area contributed by atoms with Crippen molar-refractivity contribution in [1.82, 2.24) is 5.32 Å². The lowest BCUT2D eigenvalue weighted by molar-refractivity contribution is -0.119. The third-order valence-electron chi connectivity index (χ3n) is 2.69. The lowest BCUT2D eigenvalue weighted by Gasteiger charge is -2.27. The minimum Gasteiger partial charge on any atom is -0.339 e. The summed E-state index contributed by atoms with van der Waals surface area (Å²) in [5, 5.41) is 3.22. The molecule has 0 saturated carbocycles. The van der Waals surface area contributed by atoms with Crippen molar-refractivity contribution in [2.45, 2.75) is 44.4 Å². The van der Waals surface area contributed by atoms with E-state index in [9.17, 15) is 4.79 Å². The van der Waals surface area contributed by atoms with E-state index in [1.807, 2.05) is 20.8 Å². The zero-order chi connectivity index (χ0) is 12.6. The Morgan fingerprint density at radius 1 is 1.56 bits per heavy atom. The lowest BCUT2D eigenvalue weighted by Crippen LogP contribution is -2.47. The number of amides is 1. The van der Waals surface area contributed by atoms with Gasteiger partial charge in [-0.1, -0.05) is 26.7 Å². The van der Waals surface area contributed by atoms with Gasteiger partial charge < -0.3 is 11.1 Å². The van der Waals surface area contributed by atoms with Crippen LogP contribution < -0.4 is 11.1 Å². The zero-order valence-electron chi connectivity index (χ0n) is 10.4. The van der Waals surface area contributed by atoms with Gasteiger partial charge >= 0.3 is 0 Å². The molecule has 3 N–H and O–H groups in total. The number of carbonyl (C=O) groups is 1. The summed E-state index contributed by atoms with van der Waals surface area (Å²) in [7, 11) is 0. The molecule has 0 aromatic rings. The molecule has 1 amide bonds. The summed E-state index contributed by atoms with van der Waals surface area (Å²) in [5.41, 5.74) is 5.00. The molecule has 0 aliphatic heterocycles. The van der Waals surface area contributed by atoms with E-state index in [4.69, 9.17) is 12.2 Å². The van der Waals surface area contributed by atoms with Gasteiger partial charge in [-0.2, -0.15) is 0 Å². The molecule has 0 bridgehead atoms. The molecule has 0 radical (unpaired) electrons. The second kappa shape index (κ2) is 7.59. The summed E-state index contributed by atoms with van der Waals surface area (Å²) in [6.07, 6.45) is 6.97. The van der Waals surface area contributed by atoms with Crippen molar-refractivity contribution < 1.29 is 4.79 Å². The summed E-state index contributed by atoms with van der Waals surface area (Å²) < 4.78 is 0. The van der Waals surface area contributed by atoms with Gasteiger partial charge in [0.05, 0.1) is 5.75 Å². The van der Waals surface area contributed by atoms with E-state index in [1.54, 1.807) is 11.8 Å². The Kier molecular flexibility index (Phi) is 7.27. The Hall–Kier alpha value is -0.660. The van der Waals surface area contributed by atoms with Gasteiger partial charge in [-0.05, 0) is 12.8 Å². The monoisotopic (exact) mass is 242 g/mol. The van der Waals surface area contributed by atoms with E-state index in [2.05, 4.69) is 11.2 Å². The number of carbonyl (C=O) groups excluding carboxylic acids is 1. The van der Waals surface area contributed by atoms with Gasteiger partial charge in [-0.3, -0.25) is 4.79 Å². The second-order valence-electron chi connectivity index (χ2n) is 3.84. The molecule has 0 heterocycles. The smallest absolute Gasteiger partial charge is 0.231 e. The molecule has 0 aromatic carbocycles. The van der Waals surface area contributed by atoms with Gasteiger partial charge in [-0.25, -0.2) is 0 Å². The van der Waals surface area contributed by atoms with Crippen molar-refractivity contribution in [2.75, 3.05) is 12.3 Å². The molecule has 1 atom stereocenters. The average Bonchev–Trinajstić information content (AvgIpc) is 2.33. The van der Waals surface area contributed by atoms with Crippen LogP contribution in [-0.2, 0) is 4.79 Å². The largest absolute Gasteiger partial charge is 0.339 e. The minimum absolute atomic E-state index is 0.00745. The molecule has 0 aromatic heterocycles. The molecular weight excluding hydrogens is 220 g/mol. The maximum atomic E-state index is 11.7. The molecule has 92 valence electrons. The average molecular weight is 242 g/mol. The summed E-state index contributed by atoms with van der Waals surface area (Å²) in [5.74, 6) is 3.09. The molecular formula is C12H22N2OS. The Morgan fingerprint density at radius 3 is 2.50 bits per heavy atom. The molecule has 1 unspecified atom stereocenters. The summed E-state index contributed by atoms with van der Waals surface area (Å²) >= 11 is 1.55. The topological polar surface area (TPSA) is 55.1 Å². The highest BCUT2D eigenvalue weighted by atomic mass is 32.2. The van der Waals surface area contributed by atoms with Crippen LogP contribution in [0.4, 0.5) is 0 Å². The number of terminal acetylenes is 1. The molecule has 0 fully saturated rings. The van der Waals surface area contributed by atoms with E-state index in [1.165, 1.54) is 0 Å². The van der Waals surface area contributed by atoms with E-state index in [-0.39, 0.29) is 5.91 Å². The Bertz CT molecular complexity index is 256. The fourth-order valence-electron chi connectivity index (χ4n) is 1.26. The van der Waals surface area contributed by atoms with Crippen LogP contribution in [0.2, 0.25) is 0 Å². The standard InChI is InChI=1S/C12H22N2OS/c1-5-12(6-2,7-3)14-11(15)9-16-10(4)8-13/h1,10H,6-9,13H2,2-4H3,(H,14,15). The van der Waals surface area contributed by atoms with Crippen LogP contribution >= 0.6 is 11.8 Å². The van der Waals surface area contributed by atoms with Gasteiger partial charge in [-0.15, -0.1) is 18.2 Å². The minimum atomic E-state index is -0.483. The van der Waals surface area contributed by atoms with Crippen LogP contribution in [0.3, 0.4) is 0 Å². The highest BCUT2D eigenvalue weighted by Gasteiger charge is 2.25. The first kappa shape index (κ1) is 15.3. The molecule has 0 saturated heterocycles. The molecule has 0 aliphatic rings. The summed E-state index contributed by atoms with van der Waals surface area (Å²) in [4.78, 5) is 11.7. The number of rotatable bonds is 7. The maximum Gasteiger partial charge on any atom is 0.231 e. The Labute approximate surface area is 103 Å². The van der Waals surface area contributed by atoms with Crippen LogP contribution in [0.15, 0.2) is 0 Å². The van der Waals surface area contributed by atoms with Crippen molar-refractivity contribution in [3.8, 4) is 12.3 Å². The van der Waals surface area contributed by atoms with Crippen LogP contribution in [0.5, 0.6) is 0 Å². The van der Waals surface area contributed by atoms with Crippen molar-refractivity contribution in [2.24, 2.45) is 5.73 Å². The molecule has 0 aliphatic carbocycles. The second-order valence-corrected chi connectivity index (χ2v) is 5.27. The first-order valence-electron chi connectivity index (χ1n) is 5.64. The van der Waals surface area contributed by atoms with Crippen molar-refractivity contribution in [1.29, 1.82) is 0 Å². The van der Waals surface area contributed by atoms with E-state index in [0.717, 1.165) is 12.8 Å². The van der Waals surface area contributed by atoms with E-state index < -0.39 is 5.54 Å². The van der Waals surface area contributed by atoms with Crippen LogP contribution in [0.1, 0.15) is 33.6 Å². The third kappa shape index (κ3) is 4.91. The number of hydrogen-bond donors (Lipinski definition) is 2. The van der Waals surface area contributed by atoms with Crippen molar-refractivity contribution >= 4 is 17.7 Å². The molecule has 16 heavy (non-hydrogen) atoms. The molecule has 4 heteroatoms. The number of nitrogens with two attached hydrogens (primary N) is 1. The molecule has 0 rings (SSSR count). The first-order chi connectivity index (χ1) is 7.53. The third-order valence-corrected chi connectivity index (χ3v) is 3.88. The SMILES string of the molecule is C#CC(CC)(CC)NC(=O)CSC(C)CN. The molecule has 3 nitrogen and oxygen atoms in total. The summed E-state index contributed by atoms with van der Waals surface area (Å²) in [6.45, 7) is 6.56. The predicted octanol–water partition coefficient (Wildman–Crippen LogP) is 1.37. The van der Waals surface area contributed by atoms with Gasteiger partial charge in [0.1, 0.15) is 5.54 Å². The number of nitrogens with one attached hydrogen (secondary N) is 1. The normalized spacial score (nSPS) is 12.9. The number of hydrogen-bond acceptors (Lipinski definition) is 3. The first-order valence-corrected chi connectivity index (χ1v) is 6.68. The Balaban J connectivity index is 4.17. The predicted molar refractivity (Wildman–Crippen MR) is 71.3 cm³/mol. The quantitative estimate of drug-likeness (QED) is 0.663. The van der Waals surface area contributed by atoms with Gasteiger partial charge in [0.2, 0.25) is 5.91 Å². The van der Waals surface area contributed by atoms with Crippen molar-refractivity contribution in [3.05, 3.63) is 0 Å².